The SMILES string of the molecule is CCCCSc1sc2nc(-c3nccs3)cc(-c3cnnn3C)c2c1N. The molecule has 0 aliphatic rings. The van der Waals surface area contributed by atoms with E-state index in [9.17, 15) is 0 Å². The second-order valence-corrected chi connectivity index (χ2v) is 9.08. The van der Waals surface area contributed by atoms with Crippen molar-refractivity contribution in [1.29, 1.82) is 0 Å². The summed E-state index contributed by atoms with van der Waals surface area (Å²) < 4.78 is 2.90. The summed E-state index contributed by atoms with van der Waals surface area (Å²) in [7, 11) is 1.89. The number of unbranched alkanes of at least 4 members (excludes halogenated alkanes) is 1. The Labute approximate surface area is 163 Å². The minimum atomic E-state index is 0.806. The Morgan fingerprint density at radius 1 is 1.35 bits per heavy atom. The summed E-state index contributed by atoms with van der Waals surface area (Å²) in [5.41, 5.74) is 10.1. The van der Waals surface area contributed by atoms with Crippen LogP contribution in [0.2, 0.25) is 0 Å². The largest absolute Gasteiger partial charge is 0.397 e. The number of thiazole rings is 1. The molecule has 0 saturated carbocycles. The third kappa shape index (κ3) is 3.10. The highest BCUT2D eigenvalue weighted by Gasteiger charge is 2.20. The van der Waals surface area contributed by atoms with Gasteiger partial charge in [0, 0.05) is 29.6 Å². The Morgan fingerprint density at radius 2 is 2.23 bits per heavy atom. The average molecular weight is 403 g/mol. The fourth-order valence-electron chi connectivity index (χ4n) is 2.71. The van der Waals surface area contributed by atoms with Gasteiger partial charge in [0.2, 0.25) is 0 Å². The molecule has 0 atom stereocenters. The summed E-state index contributed by atoms with van der Waals surface area (Å²) in [6.07, 6.45) is 5.91. The third-order valence-corrected chi connectivity index (χ3v) is 7.31. The molecular weight excluding hydrogens is 384 g/mol. The molecule has 134 valence electrons. The van der Waals surface area contributed by atoms with Gasteiger partial charge in [0.1, 0.15) is 15.5 Å². The van der Waals surface area contributed by atoms with Crippen molar-refractivity contribution in [3.8, 4) is 22.0 Å². The molecule has 0 saturated heterocycles. The van der Waals surface area contributed by atoms with Gasteiger partial charge in [-0.3, -0.25) is 0 Å². The maximum absolute atomic E-state index is 6.53. The van der Waals surface area contributed by atoms with E-state index in [0.29, 0.717) is 0 Å². The second-order valence-electron chi connectivity index (χ2n) is 5.82. The predicted octanol–water partition coefficient (Wildman–Crippen LogP) is 4.69. The number of pyridine rings is 1. The van der Waals surface area contributed by atoms with E-state index in [1.54, 1.807) is 39.7 Å². The van der Waals surface area contributed by atoms with Gasteiger partial charge >= 0.3 is 0 Å². The molecule has 0 aliphatic heterocycles. The summed E-state index contributed by atoms with van der Waals surface area (Å²) in [6, 6.07) is 2.05. The van der Waals surface area contributed by atoms with E-state index in [1.165, 1.54) is 12.8 Å². The van der Waals surface area contributed by atoms with Gasteiger partial charge < -0.3 is 5.73 Å². The van der Waals surface area contributed by atoms with Gasteiger partial charge in [-0.25, -0.2) is 14.6 Å². The van der Waals surface area contributed by atoms with Crippen LogP contribution in [0.1, 0.15) is 19.8 Å². The number of nitrogen functional groups attached to an aromatic ring is 1. The smallest absolute Gasteiger partial charge is 0.141 e. The minimum absolute atomic E-state index is 0.806. The average Bonchev–Trinajstić information content (AvgIpc) is 3.36. The lowest BCUT2D eigenvalue weighted by atomic mass is 10.1. The van der Waals surface area contributed by atoms with Crippen molar-refractivity contribution in [2.45, 2.75) is 24.0 Å². The molecule has 4 aromatic rings. The number of nitrogens with two attached hydrogens (primary N) is 1. The first-order chi connectivity index (χ1) is 12.7. The molecule has 0 radical (unpaired) electrons. The Bertz CT molecular complexity index is 1030. The molecular formula is C17H18N6S3. The summed E-state index contributed by atoms with van der Waals surface area (Å²) >= 11 is 5.05. The first-order valence-electron chi connectivity index (χ1n) is 8.29. The maximum Gasteiger partial charge on any atom is 0.141 e. The fourth-order valence-corrected chi connectivity index (χ4v) is 5.76. The van der Waals surface area contributed by atoms with Crippen molar-refractivity contribution in [3.63, 3.8) is 0 Å². The molecule has 0 bridgehead atoms. The molecule has 0 aliphatic carbocycles. The van der Waals surface area contributed by atoms with E-state index >= 15 is 0 Å². The lowest BCUT2D eigenvalue weighted by molar-refractivity contribution is 0.721. The fraction of sp³-hybridized carbons (Fsp3) is 0.294. The summed E-state index contributed by atoms with van der Waals surface area (Å²) in [5.74, 6) is 1.06. The van der Waals surface area contributed by atoms with Crippen molar-refractivity contribution < 1.29 is 0 Å². The minimum Gasteiger partial charge on any atom is -0.397 e. The lowest BCUT2D eigenvalue weighted by Gasteiger charge is -2.07. The zero-order valence-corrected chi connectivity index (χ0v) is 16.9. The molecule has 0 unspecified atom stereocenters. The highest BCUT2D eigenvalue weighted by molar-refractivity contribution is 8.01. The van der Waals surface area contributed by atoms with Crippen LogP contribution in [0, 0.1) is 0 Å². The van der Waals surface area contributed by atoms with Crippen molar-refractivity contribution in [2.75, 3.05) is 11.5 Å². The van der Waals surface area contributed by atoms with E-state index in [4.69, 9.17) is 10.7 Å². The summed E-state index contributed by atoms with van der Waals surface area (Å²) in [5, 5.41) is 12.0. The molecule has 0 fully saturated rings. The molecule has 2 N–H and O–H groups in total. The number of fused-ring (bicyclic) bond motifs is 1. The van der Waals surface area contributed by atoms with Crippen LogP contribution in [0.15, 0.2) is 28.0 Å². The van der Waals surface area contributed by atoms with E-state index in [0.717, 1.165) is 47.8 Å². The Kier molecular flexibility index (Phi) is 4.92. The molecule has 6 nitrogen and oxygen atoms in total. The topological polar surface area (TPSA) is 82.5 Å². The Morgan fingerprint density at radius 3 is 2.92 bits per heavy atom. The van der Waals surface area contributed by atoms with Crippen LogP contribution in [0.3, 0.4) is 0 Å². The molecule has 0 spiro atoms. The number of rotatable bonds is 6. The second kappa shape index (κ2) is 7.34. The van der Waals surface area contributed by atoms with Gasteiger partial charge in [-0.05, 0) is 18.2 Å². The van der Waals surface area contributed by atoms with Crippen molar-refractivity contribution in [1.82, 2.24) is 25.0 Å². The number of thioether (sulfide) groups is 1. The van der Waals surface area contributed by atoms with Crippen molar-refractivity contribution in [3.05, 3.63) is 23.8 Å². The number of aryl methyl sites for hydroxylation is 1. The number of anilines is 1. The molecule has 9 heteroatoms. The molecule has 0 amide bonds. The van der Waals surface area contributed by atoms with Crippen molar-refractivity contribution >= 4 is 50.3 Å². The number of hydrogen-bond donors (Lipinski definition) is 1. The summed E-state index contributed by atoms with van der Waals surface area (Å²) in [6.45, 7) is 2.20. The molecule has 0 aromatic carbocycles. The van der Waals surface area contributed by atoms with E-state index in [1.807, 2.05) is 30.3 Å². The standard InChI is InChI=1S/C17H18N6S3/c1-3-4-6-25-17-14(18)13-10(12-9-20-22-23(12)2)8-11(21-16(13)26-17)15-19-5-7-24-15/h5,7-9H,3-4,6,18H2,1-2H3. The van der Waals surface area contributed by atoms with Crippen molar-refractivity contribution in [2.24, 2.45) is 7.05 Å². The van der Waals surface area contributed by atoms with Crippen LogP contribution >= 0.6 is 34.4 Å². The zero-order chi connectivity index (χ0) is 18.1. The van der Waals surface area contributed by atoms with Gasteiger partial charge in [0.25, 0.3) is 0 Å². The summed E-state index contributed by atoms with van der Waals surface area (Å²) in [4.78, 5) is 10.2. The van der Waals surface area contributed by atoms with Gasteiger partial charge in [-0.15, -0.1) is 39.5 Å². The highest BCUT2D eigenvalue weighted by atomic mass is 32.2. The van der Waals surface area contributed by atoms with Crippen LogP contribution in [0.4, 0.5) is 5.69 Å². The van der Waals surface area contributed by atoms with Gasteiger partial charge in [0.05, 0.1) is 21.8 Å². The predicted molar refractivity (Wildman–Crippen MR) is 111 cm³/mol. The lowest BCUT2D eigenvalue weighted by Crippen LogP contribution is -1.96. The maximum atomic E-state index is 6.53. The normalized spacial score (nSPS) is 11.5. The Hall–Kier alpha value is -1.97. The number of hydrogen-bond acceptors (Lipinski definition) is 8. The molecule has 4 rings (SSSR count). The van der Waals surface area contributed by atoms with E-state index in [-0.39, 0.29) is 0 Å². The van der Waals surface area contributed by atoms with Crippen LogP contribution in [0.25, 0.3) is 32.2 Å². The van der Waals surface area contributed by atoms with E-state index in [2.05, 4.69) is 22.2 Å². The first kappa shape index (κ1) is 17.4. The van der Waals surface area contributed by atoms with Gasteiger partial charge in [-0.1, -0.05) is 18.6 Å². The van der Waals surface area contributed by atoms with Crippen LogP contribution in [0.5, 0.6) is 0 Å². The van der Waals surface area contributed by atoms with Gasteiger partial charge in [-0.2, -0.15) is 0 Å². The van der Waals surface area contributed by atoms with Crippen LogP contribution in [-0.4, -0.2) is 30.7 Å². The third-order valence-electron chi connectivity index (χ3n) is 4.04. The number of thiophene rings is 1. The first-order valence-corrected chi connectivity index (χ1v) is 11.0. The Balaban J connectivity index is 1.92. The quantitative estimate of drug-likeness (QED) is 0.372. The van der Waals surface area contributed by atoms with Crippen LogP contribution < -0.4 is 5.73 Å². The number of nitrogens with zero attached hydrogens (tertiary/aromatic N) is 5. The zero-order valence-electron chi connectivity index (χ0n) is 14.5. The molecule has 4 aromatic heterocycles. The molecule has 4 heterocycles. The van der Waals surface area contributed by atoms with E-state index < -0.39 is 0 Å². The van der Waals surface area contributed by atoms with Crippen LogP contribution in [-0.2, 0) is 7.05 Å². The number of aromatic nitrogens is 5. The highest BCUT2D eigenvalue weighted by Crippen LogP contribution is 2.45. The van der Waals surface area contributed by atoms with Gasteiger partial charge in [0.15, 0.2) is 0 Å². The monoisotopic (exact) mass is 402 g/mol. The molecule has 26 heavy (non-hydrogen) atoms.